The average Bonchev–Trinajstić information content (AvgIpc) is 3.54. The quantitative estimate of drug-likeness (QED) is 0.169. The largest absolute Gasteiger partial charge is 0.418 e. The summed E-state index contributed by atoms with van der Waals surface area (Å²) in [6, 6.07) is 12.6. The van der Waals surface area contributed by atoms with Crippen molar-refractivity contribution in [2.75, 3.05) is 75.9 Å². The minimum atomic E-state index is -4.70. The van der Waals surface area contributed by atoms with Gasteiger partial charge in [0, 0.05) is 44.3 Å². The predicted octanol–water partition coefficient (Wildman–Crippen LogP) is 5.81. The Labute approximate surface area is 261 Å². The molecule has 0 spiro atoms. The van der Waals surface area contributed by atoms with Crippen LogP contribution in [-0.4, -0.2) is 66.5 Å². The highest BCUT2D eigenvalue weighted by atomic mass is 35.5. The Kier molecular flexibility index (Phi) is 10.3. The smallest absolute Gasteiger partial charge is 0.367 e. The standard InChI is InChI=1S/C29H33Cl2F3N6O2S/c1-38-24-10-5-4-8-22(24)37-29(38,40-15-11-20(19-40)35-25(41)12-18-43(2)3)27(42)36-23-9-6-7-21(28(32,33)34)26(23)39(16-13-30)17-14-31/h4-11,15,19,37H,12-14,16-18H2,1-3H3,(H-,35,36,41,42)/p+1. The first-order valence-electron chi connectivity index (χ1n) is 13.4. The van der Waals surface area contributed by atoms with Crippen molar-refractivity contribution in [3.63, 3.8) is 0 Å². The molecule has 232 valence electrons. The predicted molar refractivity (Wildman–Crippen MR) is 172 cm³/mol. The van der Waals surface area contributed by atoms with Gasteiger partial charge in [-0.25, -0.2) is 0 Å². The van der Waals surface area contributed by atoms with Gasteiger partial charge in [-0.15, -0.1) is 23.2 Å². The molecule has 0 saturated heterocycles. The van der Waals surface area contributed by atoms with Crippen molar-refractivity contribution in [2.45, 2.75) is 18.4 Å². The number of carbonyl (C=O) groups is 2. The molecule has 8 nitrogen and oxygen atoms in total. The lowest BCUT2D eigenvalue weighted by Crippen LogP contribution is -2.59. The topological polar surface area (TPSA) is 81.6 Å². The molecule has 0 fully saturated rings. The first-order chi connectivity index (χ1) is 20.4. The fourth-order valence-electron chi connectivity index (χ4n) is 5.04. The molecule has 1 aromatic heterocycles. The molecular weight excluding hydrogens is 624 g/mol. The van der Waals surface area contributed by atoms with Gasteiger partial charge in [-0.3, -0.25) is 9.59 Å². The van der Waals surface area contributed by atoms with Gasteiger partial charge in [0.25, 0.3) is 11.7 Å². The van der Waals surface area contributed by atoms with Crippen LogP contribution < -0.4 is 25.8 Å². The lowest BCUT2D eigenvalue weighted by molar-refractivity contribution is -0.137. The number of rotatable bonds is 12. The molecule has 4 rings (SSSR count). The highest BCUT2D eigenvalue weighted by Gasteiger charge is 2.50. The molecule has 1 unspecified atom stereocenters. The van der Waals surface area contributed by atoms with Crippen LogP contribution in [0.3, 0.4) is 0 Å². The first kappa shape index (κ1) is 32.7. The van der Waals surface area contributed by atoms with E-state index in [0.29, 0.717) is 23.5 Å². The summed E-state index contributed by atoms with van der Waals surface area (Å²) in [6.45, 7) is 0.161. The molecule has 3 aromatic rings. The highest BCUT2D eigenvalue weighted by molar-refractivity contribution is 7.95. The van der Waals surface area contributed by atoms with Crippen LogP contribution in [0.25, 0.3) is 0 Å². The molecular formula is C29H34Cl2F3N6O2S+. The number of amides is 2. The van der Waals surface area contributed by atoms with E-state index in [4.69, 9.17) is 23.2 Å². The van der Waals surface area contributed by atoms with Crippen molar-refractivity contribution >= 4 is 74.3 Å². The summed E-state index contributed by atoms with van der Waals surface area (Å²) in [4.78, 5) is 30.1. The number of halogens is 5. The van der Waals surface area contributed by atoms with Crippen molar-refractivity contribution in [3.05, 3.63) is 66.5 Å². The number of benzene rings is 2. The molecule has 0 radical (unpaired) electrons. The number of alkyl halides is 5. The van der Waals surface area contributed by atoms with Crippen molar-refractivity contribution in [3.8, 4) is 0 Å². The van der Waals surface area contributed by atoms with Crippen LogP contribution in [0.2, 0.25) is 0 Å². The van der Waals surface area contributed by atoms with Crippen LogP contribution in [-0.2, 0) is 32.4 Å². The lowest BCUT2D eigenvalue weighted by Gasteiger charge is -2.38. The summed E-state index contributed by atoms with van der Waals surface area (Å²) in [6.07, 6.45) is 3.03. The zero-order valence-corrected chi connectivity index (χ0v) is 26.3. The van der Waals surface area contributed by atoms with Crippen LogP contribution in [0.15, 0.2) is 60.9 Å². The number of likely N-dealkylation sites (N-methyl/N-ethyl adjacent to an activating group) is 1. The maximum absolute atomic E-state index is 14.4. The summed E-state index contributed by atoms with van der Waals surface area (Å²) in [7, 11) is 1.82. The Morgan fingerprint density at radius 1 is 1.02 bits per heavy atom. The van der Waals surface area contributed by atoms with Crippen molar-refractivity contribution in [1.82, 2.24) is 4.57 Å². The molecule has 0 aliphatic carbocycles. The molecule has 14 heteroatoms. The van der Waals surface area contributed by atoms with E-state index >= 15 is 0 Å². The maximum atomic E-state index is 14.4. The summed E-state index contributed by atoms with van der Waals surface area (Å²) >= 11 is 11.9. The molecule has 2 amide bonds. The molecule has 2 aromatic carbocycles. The van der Waals surface area contributed by atoms with E-state index in [2.05, 4.69) is 28.5 Å². The number of hydrogen-bond donors (Lipinski definition) is 3. The number of carbonyl (C=O) groups excluding carboxylic acids is 2. The van der Waals surface area contributed by atoms with Crippen molar-refractivity contribution in [2.24, 2.45) is 0 Å². The summed E-state index contributed by atoms with van der Waals surface area (Å²) in [5, 5.41) is 8.91. The SMILES string of the molecule is CN1c2ccccc2NC1(C(=O)Nc1cccc(C(F)(F)F)c1N(CCCl)CCCl)n1ccc(NC(=O)CC[S+](C)C)c1. The van der Waals surface area contributed by atoms with Crippen LogP contribution in [0, 0.1) is 0 Å². The zero-order chi connectivity index (χ0) is 31.4. The zero-order valence-electron chi connectivity index (χ0n) is 24.0. The highest BCUT2D eigenvalue weighted by Crippen LogP contribution is 2.45. The van der Waals surface area contributed by atoms with Gasteiger partial charge in [-0.05, 0) is 41.2 Å². The lowest BCUT2D eigenvalue weighted by atomic mass is 10.1. The van der Waals surface area contributed by atoms with E-state index in [0.717, 1.165) is 11.8 Å². The molecule has 1 aliphatic rings. The second kappa shape index (κ2) is 13.6. The van der Waals surface area contributed by atoms with Gasteiger partial charge >= 0.3 is 6.18 Å². The first-order valence-corrected chi connectivity index (χ1v) is 16.7. The number of aromatic nitrogens is 1. The van der Waals surface area contributed by atoms with E-state index in [1.807, 2.05) is 18.2 Å². The summed E-state index contributed by atoms with van der Waals surface area (Å²) < 4.78 is 44.3. The number of hydrogen-bond acceptors (Lipinski definition) is 5. The van der Waals surface area contributed by atoms with E-state index in [1.165, 1.54) is 17.0 Å². The van der Waals surface area contributed by atoms with Gasteiger partial charge in [0.1, 0.15) is 5.75 Å². The molecule has 3 N–H and O–H groups in total. The van der Waals surface area contributed by atoms with E-state index in [1.54, 1.807) is 41.0 Å². The van der Waals surface area contributed by atoms with E-state index < -0.39 is 23.4 Å². The summed E-state index contributed by atoms with van der Waals surface area (Å²) in [5.74, 6) is -1.59. The molecule has 1 aliphatic heterocycles. The van der Waals surface area contributed by atoms with Gasteiger partial charge < -0.3 is 30.3 Å². The minimum absolute atomic E-state index is 0.0456. The Hall–Kier alpha value is -3.22. The van der Waals surface area contributed by atoms with Crippen LogP contribution in [0.4, 0.5) is 41.6 Å². The normalized spacial score (nSPS) is 16.2. The van der Waals surface area contributed by atoms with E-state index in [-0.39, 0.29) is 53.0 Å². The Morgan fingerprint density at radius 3 is 2.35 bits per heavy atom. The van der Waals surface area contributed by atoms with E-state index in [9.17, 15) is 22.8 Å². The molecule has 2 heterocycles. The number of nitrogens with zero attached hydrogens (tertiary/aromatic N) is 3. The van der Waals surface area contributed by atoms with Crippen LogP contribution >= 0.6 is 23.2 Å². The van der Waals surface area contributed by atoms with Crippen LogP contribution in [0.5, 0.6) is 0 Å². The molecule has 0 saturated carbocycles. The molecule has 0 bridgehead atoms. The van der Waals surface area contributed by atoms with Gasteiger partial charge in [0.2, 0.25) is 5.91 Å². The third-order valence-corrected chi connectivity index (χ3v) is 8.44. The third kappa shape index (κ3) is 6.97. The number of para-hydroxylation sites is 3. The van der Waals surface area contributed by atoms with Gasteiger partial charge in [-0.2, -0.15) is 13.2 Å². The van der Waals surface area contributed by atoms with Gasteiger partial charge in [0.05, 0.1) is 52.9 Å². The molecule has 1 atom stereocenters. The maximum Gasteiger partial charge on any atom is 0.418 e. The van der Waals surface area contributed by atoms with Crippen molar-refractivity contribution in [1.29, 1.82) is 0 Å². The minimum Gasteiger partial charge on any atom is -0.367 e. The summed E-state index contributed by atoms with van der Waals surface area (Å²) in [5.41, 5.74) is 0.641. The monoisotopic (exact) mass is 657 g/mol. The number of anilines is 5. The molecule has 43 heavy (non-hydrogen) atoms. The Bertz CT molecular complexity index is 1450. The number of fused-ring (bicyclic) bond motifs is 1. The third-order valence-electron chi connectivity index (χ3n) is 7.08. The second-order valence-corrected chi connectivity index (χ2v) is 13.3. The average molecular weight is 659 g/mol. The Balaban J connectivity index is 1.77. The second-order valence-electron chi connectivity index (χ2n) is 10.2. The van der Waals surface area contributed by atoms with Crippen LogP contribution in [0.1, 0.15) is 12.0 Å². The Morgan fingerprint density at radius 2 is 1.72 bits per heavy atom. The van der Waals surface area contributed by atoms with Crippen molar-refractivity contribution < 1.29 is 22.8 Å². The fourth-order valence-corrected chi connectivity index (χ4v) is 6.04. The van der Waals surface area contributed by atoms with Gasteiger partial charge in [-0.1, -0.05) is 18.2 Å². The van der Waals surface area contributed by atoms with Gasteiger partial charge in [0.15, 0.2) is 0 Å². The number of nitrogens with one attached hydrogen (secondary N) is 3. The fraction of sp³-hybridized carbons (Fsp3) is 0.379.